The number of aliphatic hydroxyl groups excluding tert-OH is 2. The number of piperidine rings is 1. The van der Waals surface area contributed by atoms with Crippen LogP contribution < -0.4 is 5.73 Å². The zero-order valence-corrected chi connectivity index (χ0v) is 26.3. The number of primary amides is 1. The molecular weight excluding hydrogens is 609 g/mol. The van der Waals surface area contributed by atoms with E-state index in [9.17, 15) is 34.8 Å². The van der Waals surface area contributed by atoms with Crippen LogP contribution in [-0.2, 0) is 27.3 Å². The Morgan fingerprint density at radius 1 is 1.14 bits per heavy atom. The van der Waals surface area contributed by atoms with Crippen molar-refractivity contribution in [3.05, 3.63) is 44.7 Å². The molecule has 0 unspecified atom stereocenters. The van der Waals surface area contributed by atoms with Crippen LogP contribution in [0.5, 0.6) is 5.75 Å². The Balaban J connectivity index is 0.00000242. The molecule has 1 aromatic rings. The van der Waals surface area contributed by atoms with Crippen LogP contribution in [0.3, 0.4) is 0 Å². The number of nitrogens with zero attached hydrogens (tertiary/aromatic N) is 2. The topological polar surface area (TPSA) is 165 Å². The van der Waals surface area contributed by atoms with E-state index in [0.29, 0.717) is 34.8 Å². The van der Waals surface area contributed by atoms with Gasteiger partial charge in [0.15, 0.2) is 11.4 Å². The Morgan fingerprint density at radius 3 is 2.29 bits per heavy atom. The fourth-order valence-corrected chi connectivity index (χ4v) is 7.73. The third-order valence-electron chi connectivity index (χ3n) is 9.46. The Bertz CT molecular complexity index is 1380. The number of likely N-dealkylation sites (N-methyl/N-ethyl adjacent to an activating group) is 1. The molecule has 1 saturated heterocycles. The van der Waals surface area contributed by atoms with Crippen LogP contribution in [-0.4, -0.2) is 85.5 Å². The summed E-state index contributed by atoms with van der Waals surface area (Å²) in [5, 5.41) is 45.5. The second-order valence-electron chi connectivity index (χ2n) is 12.0. The predicted octanol–water partition coefficient (Wildman–Crippen LogP) is 3.22. The lowest BCUT2D eigenvalue weighted by Crippen LogP contribution is -2.65. The first kappa shape index (κ1) is 34.2. The highest BCUT2D eigenvalue weighted by Crippen LogP contribution is 2.53. The molecular formula is C29H38Cl3N3O7. The SMILES string of the molecule is C[C@H]1CCC[C@H](C)N1Cc1cc(O)c2c(c1Cl)C[C@H]1C[C@H]3[C@H](N(C)C)C(=O)C(C(N)=O)=C(O)[C@@]3(O)C(=O)C1=C2O.Cl.Cl. The van der Waals surface area contributed by atoms with Crippen molar-refractivity contribution in [2.75, 3.05) is 14.1 Å². The summed E-state index contributed by atoms with van der Waals surface area (Å²) in [4.78, 5) is 43.1. The van der Waals surface area contributed by atoms with Crippen molar-refractivity contribution in [2.45, 2.75) is 76.2 Å². The number of halogens is 3. The molecule has 10 nitrogen and oxygen atoms in total. The zero-order valence-electron chi connectivity index (χ0n) is 23.9. The molecule has 0 aromatic heterocycles. The second-order valence-corrected chi connectivity index (χ2v) is 12.4. The van der Waals surface area contributed by atoms with Crippen LogP contribution in [0.4, 0.5) is 0 Å². The van der Waals surface area contributed by atoms with Crippen LogP contribution in [0.2, 0.25) is 5.02 Å². The average molecular weight is 647 g/mol. The van der Waals surface area contributed by atoms with Gasteiger partial charge in [-0.05, 0) is 76.7 Å². The largest absolute Gasteiger partial charge is 0.508 e. The zero-order chi connectivity index (χ0) is 29.4. The molecule has 42 heavy (non-hydrogen) atoms. The summed E-state index contributed by atoms with van der Waals surface area (Å²) in [7, 11) is 3.13. The van der Waals surface area contributed by atoms with Gasteiger partial charge in [0.25, 0.3) is 5.91 Å². The number of rotatable bonds is 4. The molecule has 2 fully saturated rings. The number of benzene rings is 1. The number of hydrogen-bond acceptors (Lipinski definition) is 9. The van der Waals surface area contributed by atoms with Crippen LogP contribution in [0.1, 0.15) is 56.2 Å². The lowest BCUT2D eigenvalue weighted by atomic mass is 9.57. The monoisotopic (exact) mass is 645 g/mol. The first-order chi connectivity index (χ1) is 18.7. The minimum atomic E-state index is -2.66. The number of likely N-dealkylation sites (tertiary alicyclic amines) is 1. The summed E-state index contributed by atoms with van der Waals surface area (Å²) >= 11 is 6.92. The van der Waals surface area contributed by atoms with Gasteiger partial charge in [0, 0.05) is 35.1 Å². The number of phenols is 1. The number of aromatic hydroxyl groups is 1. The smallest absolute Gasteiger partial charge is 0.255 e. The van der Waals surface area contributed by atoms with Gasteiger partial charge >= 0.3 is 0 Å². The number of amides is 1. The second kappa shape index (κ2) is 12.0. The van der Waals surface area contributed by atoms with Gasteiger partial charge in [0.1, 0.15) is 22.8 Å². The number of phenolic OH excluding ortho intramolecular Hbond substituents is 1. The summed E-state index contributed by atoms with van der Waals surface area (Å²) in [5.41, 5.74) is 2.87. The Morgan fingerprint density at radius 2 is 1.74 bits per heavy atom. The Hall–Kier alpha value is -2.34. The molecule has 6 atom stereocenters. The quantitative estimate of drug-likeness (QED) is 0.309. The highest BCUT2D eigenvalue weighted by Gasteiger charge is 2.64. The highest BCUT2D eigenvalue weighted by molar-refractivity contribution is 6.32. The summed E-state index contributed by atoms with van der Waals surface area (Å²) < 4.78 is 0. The van der Waals surface area contributed by atoms with Gasteiger partial charge in [-0.25, -0.2) is 0 Å². The molecule has 232 valence electrons. The lowest BCUT2D eigenvalue weighted by molar-refractivity contribution is -0.153. The molecule has 1 saturated carbocycles. The highest BCUT2D eigenvalue weighted by atomic mass is 35.5. The third kappa shape index (κ3) is 4.90. The van der Waals surface area contributed by atoms with Crippen molar-refractivity contribution in [1.29, 1.82) is 0 Å². The van der Waals surface area contributed by atoms with Crippen LogP contribution in [0, 0.1) is 11.8 Å². The number of ketones is 2. The van der Waals surface area contributed by atoms with Gasteiger partial charge in [-0.2, -0.15) is 0 Å². The summed E-state index contributed by atoms with van der Waals surface area (Å²) in [6.45, 7) is 4.84. The number of carbonyl (C=O) groups excluding carboxylic acids is 3. The first-order valence-electron chi connectivity index (χ1n) is 13.6. The van der Waals surface area contributed by atoms with Gasteiger partial charge in [0.2, 0.25) is 5.78 Å². The van der Waals surface area contributed by atoms with Crippen molar-refractivity contribution in [3.8, 4) is 5.75 Å². The van der Waals surface area contributed by atoms with E-state index in [-0.39, 0.29) is 54.5 Å². The Kier molecular flexibility index (Phi) is 9.74. The molecule has 1 amide bonds. The number of aliphatic hydroxyl groups is 3. The fourth-order valence-electron chi connectivity index (χ4n) is 7.45. The molecule has 5 rings (SSSR count). The number of nitrogens with two attached hydrogens (primary N) is 1. The van der Waals surface area contributed by atoms with Crippen molar-refractivity contribution in [2.24, 2.45) is 17.6 Å². The van der Waals surface area contributed by atoms with E-state index in [2.05, 4.69) is 18.7 Å². The number of fused-ring (bicyclic) bond motifs is 3. The molecule has 0 radical (unpaired) electrons. The van der Waals surface area contributed by atoms with Gasteiger partial charge in [-0.1, -0.05) is 18.0 Å². The van der Waals surface area contributed by atoms with Crippen LogP contribution in [0.25, 0.3) is 5.76 Å². The number of carbonyl (C=O) groups is 3. The standard InChI is InChI=1S/C29H36ClN3O7.2ClH/c1-12-6-5-7-13(2)33(12)11-15-10-18(34)20-16(22(15)30)8-14-9-17-23(32(3)4)25(36)21(28(31)39)27(38)29(17,40)26(37)19(14)24(20)35;;/h10,12-14,17,23,34-35,38,40H,5-9,11H2,1-4H3,(H2,31,39);2*1H/t12-,13-,14-,17-,23-,29-;;/m0../s1. The predicted molar refractivity (Wildman–Crippen MR) is 162 cm³/mol. The molecule has 4 aliphatic rings. The van der Waals surface area contributed by atoms with E-state index in [1.807, 2.05) is 0 Å². The van der Waals surface area contributed by atoms with Crippen molar-refractivity contribution >= 4 is 59.6 Å². The fraction of sp³-hybridized carbons (Fsp3) is 0.552. The van der Waals surface area contributed by atoms with E-state index >= 15 is 0 Å². The maximum Gasteiger partial charge on any atom is 0.255 e. The van der Waals surface area contributed by atoms with Crippen molar-refractivity contribution < 1.29 is 34.8 Å². The Labute approximate surface area is 262 Å². The molecule has 0 bridgehead atoms. The average Bonchev–Trinajstić information content (AvgIpc) is 2.86. The van der Waals surface area contributed by atoms with Gasteiger partial charge in [0.05, 0.1) is 11.6 Å². The van der Waals surface area contributed by atoms with E-state index in [1.165, 1.54) is 11.0 Å². The molecule has 3 aliphatic carbocycles. The molecule has 1 aliphatic heterocycles. The van der Waals surface area contributed by atoms with Crippen molar-refractivity contribution in [3.63, 3.8) is 0 Å². The van der Waals surface area contributed by atoms with Crippen LogP contribution in [0.15, 0.2) is 23.0 Å². The first-order valence-corrected chi connectivity index (χ1v) is 14.0. The summed E-state index contributed by atoms with van der Waals surface area (Å²) in [6, 6.07) is 1.05. The van der Waals surface area contributed by atoms with E-state index in [4.69, 9.17) is 17.3 Å². The summed E-state index contributed by atoms with van der Waals surface area (Å²) in [5.74, 6) is -6.78. The van der Waals surface area contributed by atoms with Crippen molar-refractivity contribution in [1.82, 2.24) is 9.80 Å². The van der Waals surface area contributed by atoms with E-state index in [0.717, 1.165) is 19.3 Å². The minimum absolute atomic E-state index is 0. The molecule has 0 spiro atoms. The molecule has 13 heteroatoms. The third-order valence-corrected chi connectivity index (χ3v) is 9.93. The molecule has 6 N–H and O–H groups in total. The molecule has 1 heterocycles. The maximum absolute atomic E-state index is 13.9. The van der Waals surface area contributed by atoms with Crippen LogP contribution >= 0.6 is 36.4 Å². The van der Waals surface area contributed by atoms with Gasteiger partial charge < -0.3 is 26.2 Å². The number of Topliss-reactive ketones (excluding diaryl/α,β-unsaturated/α-hetero) is 2. The van der Waals surface area contributed by atoms with Gasteiger partial charge in [-0.15, -0.1) is 24.8 Å². The normalized spacial score (nSPS) is 31.2. The minimum Gasteiger partial charge on any atom is -0.508 e. The summed E-state index contributed by atoms with van der Waals surface area (Å²) in [6.07, 6.45) is 3.46. The van der Waals surface area contributed by atoms with Gasteiger partial charge in [-0.3, -0.25) is 24.2 Å². The van der Waals surface area contributed by atoms with E-state index in [1.54, 1.807) is 14.1 Å². The lowest BCUT2D eigenvalue weighted by Gasteiger charge is -2.50. The molecule has 1 aromatic carbocycles. The maximum atomic E-state index is 13.9. The number of hydrogen-bond donors (Lipinski definition) is 5. The van der Waals surface area contributed by atoms with E-state index < -0.39 is 58.0 Å².